The molecule has 3 aromatic heterocycles. The normalized spacial score (nSPS) is 16.2. The molecule has 1 aliphatic heterocycles. The Balaban J connectivity index is 1.79. The Morgan fingerprint density at radius 2 is 2.23 bits per heavy atom. The first-order chi connectivity index (χ1) is 15.1. The number of amides is 1. The molecule has 31 heavy (non-hydrogen) atoms. The van der Waals surface area contributed by atoms with Crippen molar-refractivity contribution in [2.24, 2.45) is 11.7 Å². The molecule has 3 aromatic rings. The number of fused-ring (bicyclic) bond motifs is 1. The molecule has 0 aliphatic carbocycles. The van der Waals surface area contributed by atoms with Crippen LogP contribution in [0.25, 0.3) is 11.0 Å². The van der Waals surface area contributed by atoms with Crippen LogP contribution in [0.5, 0.6) is 0 Å². The summed E-state index contributed by atoms with van der Waals surface area (Å²) in [6.07, 6.45) is 4.56. The Hall–Kier alpha value is -3.34. The number of anilines is 3. The van der Waals surface area contributed by atoms with Gasteiger partial charge in [-0.1, -0.05) is 6.92 Å². The molecule has 1 aliphatic rings. The molecule has 0 radical (unpaired) electrons. The topological polar surface area (TPSA) is 137 Å². The number of hydrogen-bond donors (Lipinski definition) is 2. The van der Waals surface area contributed by atoms with E-state index in [2.05, 4.69) is 15.3 Å². The van der Waals surface area contributed by atoms with Crippen molar-refractivity contribution in [2.45, 2.75) is 33.2 Å². The molecule has 1 fully saturated rings. The highest BCUT2D eigenvalue weighted by Crippen LogP contribution is 2.30. The third-order valence-electron chi connectivity index (χ3n) is 5.33. The molecule has 1 atom stereocenters. The number of hydrogen-bond acceptors (Lipinski definition) is 9. The van der Waals surface area contributed by atoms with Crippen molar-refractivity contribution in [3.63, 3.8) is 0 Å². The van der Waals surface area contributed by atoms with Crippen LogP contribution in [0.3, 0.4) is 0 Å². The SMILES string of the molecule is CCOCCn1nc(CC)c2nc(N3CC[C@@H](C(N)=O)C3)nc(Nc3ccncn3)c21. The van der Waals surface area contributed by atoms with Gasteiger partial charge in [0.15, 0.2) is 5.82 Å². The van der Waals surface area contributed by atoms with Crippen molar-refractivity contribution in [3.05, 3.63) is 24.3 Å². The van der Waals surface area contributed by atoms with Crippen molar-refractivity contribution in [1.29, 1.82) is 0 Å². The van der Waals surface area contributed by atoms with E-state index in [9.17, 15) is 4.79 Å². The predicted octanol–water partition coefficient (Wildman–Crippen LogP) is 1.27. The summed E-state index contributed by atoms with van der Waals surface area (Å²) < 4.78 is 7.41. The number of aromatic nitrogens is 6. The minimum Gasteiger partial charge on any atom is -0.380 e. The van der Waals surface area contributed by atoms with E-state index in [4.69, 9.17) is 25.5 Å². The molecular formula is C20H27N9O2. The first-order valence-electron chi connectivity index (χ1n) is 10.5. The lowest BCUT2D eigenvalue weighted by Crippen LogP contribution is -2.28. The van der Waals surface area contributed by atoms with Crippen LogP contribution in [0.2, 0.25) is 0 Å². The van der Waals surface area contributed by atoms with E-state index in [1.54, 1.807) is 12.3 Å². The summed E-state index contributed by atoms with van der Waals surface area (Å²) in [6.45, 7) is 6.96. The molecule has 1 amide bonds. The lowest BCUT2D eigenvalue weighted by atomic mass is 10.1. The van der Waals surface area contributed by atoms with Gasteiger partial charge in [-0.05, 0) is 25.8 Å². The van der Waals surface area contributed by atoms with Crippen LogP contribution >= 0.6 is 0 Å². The third kappa shape index (κ3) is 4.41. The Morgan fingerprint density at radius 1 is 1.35 bits per heavy atom. The van der Waals surface area contributed by atoms with Crippen LogP contribution in [0, 0.1) is 5.92 Å². The predicted molar refractivity (Wildman–Crippen MR) is 116 cm³/mol. The zero-order valence-electron chi connectivity index (χ0n) is 17.8. The minimum absolute atomic E-state index is 0.197. The van der Waals surface area contributed by atoms with Crippen molar-refractivity contribution in [1.82, 2.24) is 29.7 Å². The van der Waals surface area contributed by atoms with E-state index in [0.717, 1.165) is 23.1 Å². The fraction of sp³-hybridized carbons (Fsp3) is 0.500. The number of nitrogens with two attached hydrogens (primary N) is 1. The second kappa shape index (κ2) is 9.21. The summed E-state index contributed by atoms with van der Waals surface area (Å²) in [6, 6.07) is 1.77. The fourth-order valence-electron chi connectivity index (χ4n) is 3.72. The highest BCUT2D eigenvalue weighted by Gasteiger charge is 2.29. The van der Waals surface area contributed by atoms with Crippen LogP contribution in [0.15, 0.2) is 18.6 Å². The average Bonchev–Trinajstić information content (AvgIpc) is 3.40. The van der Waals surface area contributed by atoms with Gasteiger partial charge in [0, 0.05) is 25.9 Å². The minimum atomic E-state index is -0.291. The maximum absolute atomic E-state index is 11.6. The number of rotatable bonds is 9. The highest BCUT2D eigenvalue weighted by molar-refractivity contribution is 5.90. The van der Waals surface area contributed by atoms with Gasteiger partial charge in [0.1, 0.15) is 23.2 Å². The van der Waals surface area contributed by atoms with Gasteiger partial charge in [-0.2, -0.15) is 10.1 Å². The van der Waals surface area contributed by atoms with E-state index < -0.39 is 0 Å². The van der Waals surface area contributed by atoms with Crippen LogP contribution < -0.4 is 16.0 Å². The quantitative estimate of drug-likeness (QED) is 0.485. The van der Waals surface area contributed by atoms with Gasteiger partial charge >= 0.3 is 0 Å². The van der Waals surface area contributed by atoms with E-state index >= 15 is 0 Å². The zero-order chi connectivity index (χ0) is 21.8. The van der Waals surface area contributed by atoms with Gasteiger partial charge < -0.3 is 20.7 Å². The smallest absolute Gasteiger partial charge is 0.228 e. The number of ether oxygens (including phenoxy) is 1. The maximum Gasteiger partial charge on any atom is 0.228 e. The molecule has 0 bridgehead atoms. The third-order valence-corrected chi connectivity index (χ3v) is 5.33. The summed E-state index contributed by atoms with van der Waals surface area (Å²) in [5.74, 6) is 1.28. The standard InChI is InChI=1S/C20H27N9O2/c1-3-14-16-17(29(27-14)9-10-31-4-2)19(24-15-5-7-22-12-23-15)26-20(25-16)28-8-6-13(11-28)18(21)30/h5,7,12-13H,3-4,6,8-11H2,1-2H3,(H2,21,30)(H,22,23,24,25,26)/t13-/m1/s1. The number of nitrogens with zero attached hydrogens (tertiary/aromatic N) is 7. The first-order valence-corrected chi connectivity index (χ1v) is 10.5. The monoisotopic (exact) mass is 425 g/mol. The molecule has 0 aromatic carbocycles. The molecule has 0 saturated carbocycles. The maximum atomic E-state index is 11.6. The Labute approximate surface area is 180 Å². The Morgan fingerprint density at radius 3 is 2.90 bits per heavy atom. The summed E-state index contributed by atoms with van der Waals surface area (Å²) in [5, 5.41) is 8.05. The number of nitrogens with one attached hydrogen (secondary N) is 1. The molecule has 4 heterocycles. The lowest BCUT2D eigenvalue weighted by Gasteiger charge is -2.18. The molecule has 1 saturated heterocycles. The number of aryl methyl sites for hydroxylation is 1. The molecule has 11 nitrogen and oxygen atoms in total. The summed E-state index contributed by atoms with van der Waals surface area (Å²) in [7, 11) is 0. The van der Waals surface area contributed by atoms with Crippen molar-refractivity contribution in [3.8, 4) is 0 Å². The van der Waals surface area contributed by atoms with Crippen molar-refractivity contribution < 1.29 is 9.53 Å². The van der Waals surface area contributed by atoms with Crippen LogP contribution in [0.4, 0.5) is 17.6 Å². The van der Waals surface area contributed by atoms with Gasteiger partial charge in [0.2, 0.25) is 11.9 Å². The van der Waals surface area contributed by atoms with Gasteiger partial charge in [-0.3, -0.25) is 9.48 Å². The summed E-state index contributed by atoms with van der Waals surface area (Å²) in [5.41, 5.74) is 7.97. The molecule has 0 spiro atoms. The van der Waals surface area contributed by atoms with E-state index in [0.29, 0.717) is 56.9 Å². The highest BCUT2D eigenvalue weighted by atomic mass is 16.5. The molecule has 0 unspecified atom stereocenters. The number of carbonyl (C=O) groups is 1. The van der Waals surface area contributed by atoms with Gasteiger partial charge in [0.25, 0.3) is 0 Å². The average molecular weight is 425 g/mol. The second-order valence-corrected chi connectivity index (χ2v) is 7.34. The molecule has 164 valence electrons. The van der Waals surface area contributed by atoms with E-state index in [-0.39, 0.29) is 11.8 Å². The van der Waals surface area contributed by atoms with Gasteiger partial charge in [-0.15, -0.1) is 0 Å². The molecule has 3 N–H and O–H groups in total. The van der Waals surface area contributed by atoms with Gasteiger partial charge in [-0.25, -0.2) is 15.0 Å². The van der Waals surface area contributed by atoms with Crippen LogP contribution in [-0.2, 0) is 22.5 Å². The van der Waals surface area contributed by atoms with Gasteiger partial charge in [0.05, 0.1) is 24.8 Å². The van der Waals surface area contributed by atoms with E-state index in [1.807, 2.05) is 23.4 Å². The first kappa shape index (κ1) is 20.9. The Bertz CT molecular complexity index is 1050. The number of primary amides is 1. The largest absolute Gasteiger partial charge is 0.380 e. The lowest BCUT2D eigenvalue weighted by molar-refractivity contribution is -0.121. The second-order valence-electron chi connectivity index (χ2n) is 7.34. The van der Waals surface area contributed by atoms with Crippen LogP contribution in [0.1, 0.15) is 26.0 Å². The molecule has 11 heteroatoms. The number of carbonyl (C=O) groups excluding carboxylic acids is 1. The van der Waals surface area contributed by atoms with Crippen molar-refractivity contribution in [2.75, 3.05) is 36.5 Å². The summed E-state index contributed by atoms with van der Waals surface area (Å²) in [4.78, 5) is 31.5. The Kier molecular flexibility index (Phi) is 6.21. The van der Waals surface area contributed by atoms with Crippen molar-refractivity contribution >= 4 is 34.5 Å². The molecular weight excluding hydrogens is 398 g/mol. The van der Waals surface area contributed by atoms with Crippen LogP contribution in [-0.4, -0.2) is 61.9 Å². The fourth-order valence-corrected chi connectivity index (χ4v) is 3.72. The molecule has 4 rings (SSSR count). The zero-order valence-corrected chi connectivity index (χ0v) is 17.8. The van der Waals surface area contributed by atoms with E-state index in [1.165, 1.54) is 6.33 Å². The summed E-state index contributed by atoms with van der Waals surface area (Å²) >= 11 is 0.